The monoisotopic (exact) mass is 397 g/mol. The fourth-order valence-electron chi connectivity index (χ4n) is 2.02. The molecule has 0 heterocycles. The predicted molar refractivity (Wildman–Crippen MR) is 100 cm³/mol. The Kier molecular flexibility index (Phi) is 8.93. The van der Waals surface area contributed by atoms with E-state index in [4.69, 9.17) is 46.4 Å². The number of rotatable bonds is 6. The Balaban J connectivity index is 0.00000242. The first kappa shape index (κ1) is 19.9. The smallest absolute Gasteiger partial charge is 0.0453 e. The van der Waals surface area contributed by atoms with Crippen molar-refractivity contribution < 1.29 is 0 Å². The van der Waals surface area contributed by atoms with Crippen molar-refractivity contribution in [1.82, 2.24) is 5.32 Å². The molecule has 22 heavy (non-hydrogen) atoms. The molecule has 2 aromatic carbocycles. The SMILES string of the molecule is Cl.Clc1ccc(CCNCCc2ccc(Cl)cc2Cl)c(Cl)c1. The summed E-state index contributed by atoms with van der Waals surface area (Å²) in [6.07, 6.45) is 1.73. The molecule has 0 atom stereocenters. The third kappa shape index (κ3) is 6.16. The van der Waals surface area contributed by atoms with Crippen LogP contribution < -0.4 is 5.32 Å². The minimum atomic E-state index is 0. The summed E-state index contributed by atoms with van der Waals surface area (Å²) in [5, 5.41) is 6.13. The number of halogens is 5. The molecule has 0 aliphatic carbocycles. The molecule has 0 fully saturated rings. The first-order valence-corrected chi connectivity index (χ1v) is 8.16. The van der Waals surface area contributed by atoms with Crippen molar-refractivity contribution in [3.63, 3.8) is 0 Å². The summed E-state index contributed by atoms with van der Waals surface area (Å²) in [5.41, 5.74) is 2.19. The molecule has 0 aromatic heterocycles. The number of nitrogens with one attached hydrogen (secondary N) is 1. The van der Waals surface area contributed by atoms with Crippen LogP contribution in [0.25, 0.3) is 0 Å². The maximum Gasteiger partial charge on any atom is 0.0453 e. The molecule has 2 aromatic rings. The van der Waals surface area contributed by atoms with Crippen molar-refractivity contribution in [2.24, 2.45) is 0 Å². The lowest BCUT2D eigenvalue weighted by Gasteiger charge is -2.08. The van der Waals surface area contributed by atoms with Gasteiger partial charge in [0.25, 0.3) is 0 Å². The van der Waals surface area contributed by atoms with Gasteiger partial charge in [0.15, 0.2) is 0 Å². The summed E-state index contributed by atoms with van der Waals surface area (Å²) in [6, 6.07) is 11.2. The Morgan fingerprint density at radius 2 is 1.09 bits per heavy atom. The molecule has 0 spiro atoms. The zero-order chi connectivity index (χ0) is 15.2. The van der Waals surface area contributed by atoms with E-state index in [2.05, 4.69) is 5.32 Å². The largest absolute Gasteiger partial charge is 0.316 e. The molecule has 0 bridgehead atoms. The van der Waals surface area contributed by atoms with Crippen molar-refractivity contribution in [3.8, 4) is 0 Å². The van der Waals surface area contributed by atoms with Crippen LogP contribution in [0.2, 0.25) is 20.1 Å². The second kappa shape index (κ2) is 9.87. The van der Waals surface area contributed by atoms with Crippen LogP contribution in [0.15, 0.2) is 36.4 Å². The van der Waals surface area contributed by atoms with Crippen LogP contribution in [-0.2, 0) is 12.8 Å². The van der Waals surface area contributed by atoms with Gasteiger partial charge < -0.3 is 5.32 Å². The van der Waals surface area contributed by atoms with E-state index in [1.165, 1.54) is 0 Å². The first-order chi connectivity index (χ1) is 10.1. The Hall–Kier alpha value is -0.150. The predicted octanol–water partition coefficient (Wildman–Crippen LogP) is 6.10. The van der Waals surface area contributed by atoms with E-state index in [0.717, 1.165) is 37.1 Å². The molecular formula is C16H16Cl5N. The standard InChI is InChI=1S/C16H15Cl4N.ClH/c17-13-3-1-11(15(19)9-13)5-7-21-8-6-12-2-4-14(18)10-16(12)20;/h1-4,9-10,21H,5-8H2;1H. The van der Waals surface area contributed by atoms with Gasteiger partial charge in [-0.3, -0.25) is 0 Å². The maximum absolute atomic E-state index is 6.13. The lowest BCUT2D eigenvalue weighted by Crippen LogP contribution is -2.20. The molecule has 0 saturated carbocycles. The summed E-state index contributed by atoms with van der Waals surface area (Å²) >= 11 is 24.0. The highest BCUT2D eigenvalue weighted by atomic mass is 35.5. The van der Waals surface area contributed by atoms with E-state index in [1.807, 2.05) is 24.3 Å². The minimum absolute atomic E-state index is 0. The van der Waals surface area contributed by atoms with Crippen LogP contribution in [0.1, 0.15) is 11.1 Å². The fraction of sp³-hybridized carbons (Fsp3) is 0.250. The molecular weight excluding hydrogens is 383 g/mol. The summed E-state index contributed by atoms with van der Waals surface area (Å²) < 4.78 is 0. The van der Waals surface area contributed by atoms with Gasteiger partial charge in [0, 0.05) is 20.1 Å². The Morgan fingerprint density at radius 3 is 1.45 bits per heavy atom. The van der Waals surface area contributed by atoms with Gasteiger partial charge in [0.1, 0.15) is 0 Å². The second-order valence-corrected chi connectivity index (χ2v) is 6.41. The van der Waals surface area contributed by atoms with E-state index in [0.29, 0.717) is 20.1 Å². The molecule has 2 rings (SSSR count). The lowest BCUT2D eigenvalue weighted by molar-refractivity contribution is 0.682. The van der Waals surface area contributed by atoms with Gasteiger partial charge in [-0.05, 0) is 61.3 Å². The van der Waals surface area contributed by atoms with Crippen molar-refractivity contribution in [2.45, 2.75) is 12.8 Å². The first-order valence-electron chi connectivity index (χ1n) is 6.65. The highest BCUT2D eigenvalue weighted by Gasteiger charge is 2.03. The van der Waals surface area contributed by atoms with Gasteiger partial charge in [-0.15, -0.1) is 12.4 Å². The Bertz CT molecular complexity index is 562. The molecule has 0 aliphatic rings. The number of benzene rings is 2. The zero-order valence-electron chi connectivity index (χ0n) is 11.7. The van der Waals surface area contributed by atoms with Crippen LogP contribution in [-0.4, -0.2) is 13.1 Å². The highest BCUT2D eigenvalue weighted by molar-refractivity contribution is 6.35. The topological polar surface area (TPSA) is 12.0 Å². The Morgan fingerprint density at radius 1 is 0.682 bits per heavy atom. The van der Waals surface area contributed by atoms with Crippen LogP contribution in [0.4, 0.5) is 0 Å². The zero-order valence-corrected chi connectivity index (χ0v) is 15.6. The van der Waals surface area contributed by atoms with Crippen molar-refractivity contribution in [1.29, 1.82) is 0 Å². The van der Waals surface area contributed by atoms with Gasteiger partial charge in [0.05, 0.1) is 0 Å². The van der Waals surface area contributed by atoms with Crippen LogP contribution >= 0.6 is 58.8 Å². The van der Waals surface area contributed by atoms with Crippen molar-refractivity contribution in [2.75, 3.05) is 13.1 Å². The van der Waals surface area contributed by atoms with Gasteiger partial charge in [-0.2, -0.15) is 0 Å². The summed E-state index contributed by atoms with van der Waals surface area (Å²) in [7, 11) is 0. The van der Waals surface area contributed by atoms with Crippen LogP contribution in [0.5, 0.6) is 0 Å². The van der Waals surface area contributed by atoms with Crippen LogP contribution in [0, 0.1) is 0 Å². The minimum Gasteiger partial charge on any atom is -0.316 e. The average Bonchev–Trinajstić information content (AvgIpc) is 2.42. The van der Waals surface area contributed by atoms with E-state index in [1.54, 1.807) is 12.1 Å². The number of hydrogen-bond acceptors (Lipinski definition) is 1. The third-order valence-corrected chi connectivity index (χ3v) is 4.35. The lowest BCUT2D eigenvalue weighted by atomic mass is 10.1. The summed E-state index contributed by atoms with van der Waals surface area (Å²) in [5.74, 6) is 0. The molecule has 0 radical (unpaired) electrons. The molecule has 0 aliphatic heterocycles. The molecule has 0 amide bonds. The second-order valence-electron chi connectivity index (χ2n) is 4.72. The molecule has 1 nitrogen and oxygen atoms in total. The molecule has 6 heteroatoms. The maximum atomic E-state index is 6.13. The number of hydrogen-bond donors (Lipinski definition) is 1. The average molecular weight is 400 g/mol. The third-order valence-electron chi connectivity index (χ3n) is 3.17. The van der Waals surface area contributed by atoms with E-state index in [9.17, 15) is 0 Å². The van der Waals surface area contributed by atoms with Gasteiger partial charge in [-0.1, -0.05) is 58.5 Å². The van der Waals surface area contributed by atoms with E-state index < -0.39 is 0 Å². The molecule has 0 saturated heterocycles. The fourth-order valence-corrected chi connectivity index (χ4v) is 3.03. The van der Waals surface area contributed by atoms with Gasteiger partial charge in [-0.25, -0.2) is 0 Å². The summed E-state index contributed by atoms with van der Waals surface area (Å²) in [4.78, 5) is 0. The van der Waals surface area contributed by atoms with Crippen LogP contribution in [0.3, 0.4) is 0 Å². The van der Waals surface area contributed by atoms with E-state index >= 15 is 0 Å². The summed E-state index contributed by atoms with van der Waals surface area (Å²) in [6.45, 7) is 1.71. The molecule has 1 N–H and O–H groups in total. The Labute approximate surface area is 157 Å². The van der Waals surface area contributed by atoms with Gasteiger partial charge in [0.2, 0.25) is 0 Å². The normalized spacial score (nSPS) is 10.4. The van der Waals surface area contributed by atoms with Gasteiger partial charge >= 0.3 is 0 Å². The quantitative estimate of drug-likeness (QED) is 0.579. The van der Waals surface area contributed by atoms with Crippen molar-refractivity contribution in [3.05, 3.63) is 67.6 Å². The van der Waals surface area contributed by atoms with Crippen molar-refractivity contribution >= 4 is 58.8 Å². The molecule has 120 valence electrons. The highest BCUT2D eigenvalue weighted by Crippen LogP contribution is 2.22. The molecule has 0 unspecified atom stereocenters. The van der Waals surface area contributed by atoms with E-state index in [-0.39, 0.29) is 12.4 Å².